The third kappa shape index (κ3) is 4.95. The second-order valence-electron chi connectivity index (χ2n) is 9.58. The third-order valence-corrected chi connectivity index (χ3v) is 8.65. The van der Waals surface area contributed by atoms with Crippen molar-refractivity contribution in [3.05, 3.63) is 69.3 Å². The van der Waals surface area contributed by atoms with E-state index in [0.29, 0.717) is 44.1 Å². The van der Waals surface area contributed by atoms with Crippen molar-refractivity contribution in [2.75, 3.05) is 29.2 Å². The summed E-state index contributed by atoms with van der Waals surface area (Å²) in [5.74, 6) is 1.24. The van der Waals surface area contributed by atoms with E-state index >= 15 is 0 Å². The van der Waals surface area contributed by atoms with Crippen molar-refractivity contribution >= 4 is 64.0 Å². The zero-order chi connectivity index (χ0) is 25.5. The van der Waals surface area contributed by atoms with Gasteiger partial charge < -0.3 is 10.6 Å². The van der Waals surface area contributed by atoms with Crippen LogP contribution in [0.5, 0.6) is 0 Å². The van der Waals surface area contributed by atoms with E-state index in [4.69, 9.17) is 23.2 Å². The van der Waals surface area contributed by atoms with Crippen molar-refractivity contribution in [3.8, 4) is 0 Å². The molecule has 1 aliphatic carbocycles. The molecule has 3 heterocycles. The minimum Gasteiger partial charge on any atom is -0.324 e. The average molecular weight is 555 g/mol. The van der Waals surface area contributed by atoms with Gasteiger partial charge in [-0.1, -0.05) is 47.1 Å². The first-order valence-electron chi connectivity index (χ1n) is 12.4. The Morgan fingerprint density at radius 1 is 1.08 bits per heavy atom. The fourth-order valence-corrected chi connectivity index (χ4v) is 6.50. The molecule has 1 saturated carbocycles. The van der Waals surface area contributed by atoms with E-state index in [9.17, 15) is 9.59 Å². The first-order valence-corrected chi connectivity index (χ1v) is 14.2. The van der Waals surface area contributed by atoms with Crippen molar-refractivity contribution in [1.29, 1.82) is 0 Å². The number of thioether (sulfide) groups is 1. The number of rotatable bonds is 6. The topological polar surface area (TPSA) is 87.2 Å². The lowest BCUT2D eigenvalue weighted by atomic mass is 9.85. The van der Waals surface area contributed by atoms with Crippen LogP contribution in [0.25, 0.3) is 0 Å². The maximum absolute atomic E-state index is 13.2. The molecule has 1 aromatic heterocycles. The fraction of sp³-hybridized carbons (Fsp3) is 0.333. The highest BCUT2D eigenvalue weighted by atomic mass is 35.5. The number of carbonyl (C=O) groups excluding carboxylic acids is 2. The molecule has 37 heavy (non-hydrogen) atoms. The molecule has 1 saturated heterocycles. The van der Waals surface area contributed by atoms with Crippen LogP contribution in [-0.2, 0) is 0 Å². The number of amides is 1. The monoisotopic (exact) mass is 553 g/mol. The average Bonchev–Trinajstić information content (AvgIpc) is 3.76. The number of anilines is 3. The zero-order valence-corrected chi connectivity index (χ0v) is 22.3. The Kier molecular flexibility index (Phi) is 6.84. The molecule has 2 N–H and O–H groups in total. The zero-order valence-electron chi connectivity index (χ0n) is 20.0. The number of fused-ring (bicyclic) bond motifs is 1. The van der Waals surface area contributed by atoms with Gasteiger partial charge in [-0.25, -0.2) is 9.97 Å². The Morgan fingerprint density at radius 2 is 1.84 bits per heavy atom. The maximum atomic E-state index is 13.2. The lowest BCUT2D eigenvalue weighted by Crippen LogP contribution is -2.35. The predicted octanol–water partition coefficient (Wildman–Crippen LogP) is 6.30. The molecular formula is C27H25Cl2N5O2S. The number of para-hydroxylation sites is 1. The minimum absolute atomic E-state index is 0.146. The molecule has 0 unspecified atom stereocenters. The Morgan fingerprint density at radius 3 is 2.57 bits per heavy atom. The molecular weight excluding hydrogens is 529 g/mol. The van der Waals surface area contributed by atoms with E-state index in [2.05, 4.69) is 26.7 Å². The highest BCUT2D eigenvalue weighted by molar-refractivity contribution is 7.99. The molecule has 0 radical (unpaired) electrons. The lowest BCUT2D eigenvalue weighted by molar-refractivity contribution is 0.0963. The Labute approximate surface area is 229 Å². The second-order valence-corrected chi connectivity index (χ2v) is 11.3. The lowest BCUT2D eigenvalue weighted by Gasteiger charge is -2.28. The molecule has 2 aromatic carbocycles. The number of aromatic nitrogens is 2. The highest BCUT2D eigenvalue weighted by Crippen LogP contribution is 2.40. The number of hydrogen-bond acceptors (Lipinski definition) is 7. The van der Waals surface area contributed by atoms with Gasteiger partial charge in [0.2, 0.25) is 5.95 Å². The summed E-state index contributed by atoms with van der Waals surface area (Å²) in [5.41, 5.74) is 3.60. The van der Waals surface area contributed by atoms with Crippen LogP contribution in [0.2, 0.25) is 10.0 Å². The van der Waals surface area contributed by atoms with Crippen LogP contribution in [0.4, 0.5) is 17.3 Å². The largest absolute Gasteiger partial charge is 0.324 e. The molecule has 0 bridgehead atoms. The number of piperidine rings is 1. The number of ketones is 1. The van der Waals surface area contributed by atoms with Gasteiger partial charge in [-0.05, 0) is 74.5 Å². The first kappa shape index (κ1) is 24.7. The molecule has 3 aromatic rings. The predicted molar refractivity (Wildman–Crippen MR) is 148 cm³/mol. The van der Waals surface area contributed by atoms with Gasteiger partial charge in [0, 0.05) is 23.4 Å². The summed E-state index contributed by atoms with van der Waals surface area (Å²) >= 11 is 14.1. The van der Waals surface area contributed by atoms with Gasteiger partial charge in [0.25, 0.3) is 5.91 Å². The van der Waals surface area contributed by atoms with Gasteiger partial charge in [-0.15, -0.1) is 0 Å². The number of Topliss-reactive ketones (excluding diaryl/α,β-unsaturated/α-hetero) is 1. The van der Waals surface area contributed by atoms with Gasteiger partial charge in [-0.2, -0.15) is 0 Å². The normalized spacial score (nSPS) is 18.0. The van der Waals surface area contributed by atoms with Crippen LogP contribution in [-0.4, -0.2) is 40.6 Å². The van der Waals surface area contributed by atoms with E-state index in [1.54, 1.807) is 23.1 Å². The molecule has 2 aliphatic heterocycles. The second kappa shape index (κ2) is 10.3. The molecule has 0 atom stereocenters. The number of benzene rings is 2. The van der Waals surface area contributed by atoms with E-state index < -0.39 is 0 Å². The first-order chi connectivity index (χ1) is 18.0. The van der Waals surface area contributed by atoms with Crippen molar-refractivity contribution in [1.82, 2.24) is 15.3 Å². The number of nitrogens with one attached hydrogen (secondary N) is 2. The number of hydrogen-bond donors (Lipinski definition) is 2. The van der Waals surface area contributed by atoms with Crippen LogP contribution in [0, 0.1) is 5.92 Å². The van der Waals surface area contributed by atoms with Gasteiger partial charge in [0.15, 0.2) is 5.78 Å². The van der Waals surface area contributed by atoms with Gasteiger partial charge >= 0.3 is 0 Å². The molecule has 190 valence electrons. The maximum Gasteiger partial charge on any atom is 0.263 e. The summed E-state index contributed by atoms with van der Waals surface area (Å²) in [6.07, 6.45) is 5.53. The molecule has 7 nitrogen and oxygen atoms in total. The Hall–Kier alpha value is -2.65. The van der Waals surface area contributed by atoms with Gasteiger partial charge in [0.05, 0.1) is 27.2 Å². The van der Waals surface area contributed by atoms with Crippen molar-refractivity contribution in [2.24, 2.45) is 5.92 Å². The van der Waals surface area contributed by atoms with Crippen molar-refractivity contribution in [3.63, 3.8) is 0 Å². The van der Waals surface area contributed by atoms with Crippen LogP contribution in [0.15, 0.2) is 47.6 Å². The summed E-state index contributed by atoms with van der Waals surface area (Å²) in [7, 11) is 0. The van der Waals surface area contributed by atoms with Crippen molar-refractivity contribution < 1.29 is 9.59 Å². The Balaban J connectivity index is 1.25. The quantitative estimate of drug-likeness (QED) is 0.273. The van der Waals surface area contributed by atoms with Crippen LogP contribution in [0.1, 0.15) is 57.9 Å². The van der Waals surface area contributed by atoms with E-state index in [1.165, 1.54) is 18.0 Å². The highest BCUT2D eigenvalue weighted by Gasteiger charge is 2.34. The summed E-state index contributed by atoms with van der Waals surface area (Å²) in [5, 5.41) is 8.06. The van der Waals surface area contributed by atoms with E-state index in [1.807, 2.05) is 12.1 Å². The van der Waals surface area contributed by atoms with E-state index in [-0.39, 0.29) is 17.6 Å². The summed E-state index contributed by atoms with van der Waals surface area (Å²) in [4.78, 5) is 36.9. The van der Waals surface area contributed by atoms with Gasteiger partial charge in [-0.3, -0.25) is 14.5 Å². The van der Waals surface area contributed by atoms with Crippen LogP contribution in [0.3, 0.4) is 0 Å². The molecule has 1 amide bonds. The minimum atomic E-state index is -0.251. The molecule has 6 rings (SSSR count). The van der Waals surface area contributed by atoms with Gasteiger partial charge in [0.1, 0.15) is 5.03 Å². The fourth-order valence-electron chi connectivity index (χ4n) is 4.96. The molecule has 10 heteroatoms. The van der Waals surface area contributed by atoms with Crippen LogP contribution < -0.4 is 15.5 Å². The third-order valence-electron chi connectivity index (χ3n) is 7.07. The summed E-state index contributed by atoms with van der Waals surface area (Å²) in [6, 6.07) is 11.2. The SMILES string of the molecule is O=C(c1cc(Nc2ncc3c(n2)SCN(c2c(Cl)cccc2Cl)C3=O)ccc1C1CCNCC1)C1CC1. The number of nitrogens with zero attached hydrogens (tertiary/aromatic N) is 3. The van der Waals surface area contributed by atoms with Crippen molar-refractivity contribution in [2.45, 2.75) is 36.6 Å². The standard InChI is InChI=1S/C27H25Cl2N5O2S/c28-21-2-1-3-22(29)23(21)34-14-37-25-20(26(34)36)13-31-27(33-25)32-17-6-7-18(15-8-10-30-11-9-15)19(12-17)24(35)16-4-5-16/h1-3,6-7,12-13,15-16,30H,4-5,8-11,14H2,(H,31,32,33). The smallest absolute Gasteiger partial charge is 0.263 e. The summed E-state index contributed by atoms with van der Waals surface area (Å²) in [6.45, 7) is 1.95. The molecule has 2 fully saturated rings. The molecule has 0 spiro atoms. The van der Waals surface area contributed by atoms with Crippen LogP contribution >= 0.6 is 35.0 Å². The van der Waals surface area contributed by atoms with E-state index in [0.717, 1.165) is 55.6 Å². The number of carbonyl (C=O) groups is 2. The summed E-state index contributed by atoms with van der Waals surface area (Å²) < 4.78 is 0. The molecule has 3 aliphatic rings. The number of halogens is 2. The Bertz CT molecular complexity index is 1370.